The fraction of sp³-hybridized carbons (Fsp3) is 0.944. The van der Waals surface area contributed by atoms with Crippen molar-refractivity contribution in [2.24, 2.45) is 29.1 Å². The van der Waals surface area contributed by atoms with Gasteiger partial charge in [0.25, 0.3) is 0 Å². The Morgan fingerprint density at radius 3 is 2.71 bits per heavy atom. The zero-order valence-corrected chi connectivity index (χ0v) is 14.7. The first kappa shape index (κ1) is 16.8. The van der Waals surface area contributed by atoms with Crippen molar-refractivity contribution >= 4 is 5.97 Å². The molecule has 6 nitrogen and oxygen atoms in total. The molecule has 2 saturated heterocycles. The molecule has 4 rings (SSSR count). The number of ether oxygens (including phenoxy) is 3. The van der Waals surface area contributed by atoms with Crippen LogP contribution in [-0.4, -0.2) is 40.7 Å². The molecule has 2 N–H and O–H groups in total. The van der Waals surface area contributed by atoms with Gasteiger partial charge in [-0.2, -0.15) is 0 Å². The van der Waals surface area contributed by atoms with Crippen molar-refractivity contribution < 1.29 is 29.2 Å². The highest BCUT2D eigenvalue weighted by Crippen LogP contribution is 2.78. The number of carboxylic acids is 1. The van der Waals surface area contributed by atoms with Crippen LogP contribution in [0, 0.1) is 29.1 Å². The van der Waals surface area contributed by atoms with E-state index in [-0.39, 0.29) is 17.9 Å². The second-order valence-corrected chi connectivity index (χ2v) is 8.60. The van der Waals surface area contributed by atoms with E-state index in [4.69, 9.17) is 19.3 Å². The van der Waals surface area contributed by atoms with Gasteiger partial charge in [-0.1, -0.05) is 20.3 Å². The summed E-state index contributed by atoms with van der Waals surface area (Å²) in [6, 6.07) is 0. The van der Waals surface area contributed by atoms with Crippen molar-refractivity contribution in [1.82, 2.24) is 0 Å². The Morgan fingerprint density at radius 1 is 1.25 bits per heavy atom. The third kappa shape index (κ3) is 2.19. The number of aliphatic hydroxyl groups is 1. The van der Waals surface area contributed by atoms with Crippen LogP contribution in [0.25, 0.3) is 0 Å². The molecule has 136 valence electrons. The normalized spacial score (nSPS) is 55.9. The third-order valence-electron chi connectivity index (χ3n) is 7.10. The molecule has 1 spiro atoms. The van der Waals surface area contributed by atoms with Gasteiger partial charge < -0.3 is 24.4 Å². The van der Waals surface area contributed by atoms with Crippen LogP contribution in [0.1, 0.15) is 52.9 Å². The molecule has 2 aliphatic heterocycles. The van der Waals surface area contributed by atoms with Crippen molar-refractivity contribution in [2.75, 3.05) is 6.61 Å². The summed E-state index contributed by atoms with van der Waals surface area (Å²) in [5, 5.41) is 19.5. The maximum Gasteiger partial charge on any atom is 0.329 e. The van der Waals surface area contributed by atoms with Crippen LogP contribution >= 0.6 is 0 Å². The second kappa shape index (κ2) is 5.16. The summed E-state index contributed by atoms with van der Waals surface area (Å²) in [7, 11) is 0. The molecular weight excluding hydrogens is 312 g/mol. The fourth-order valence-corrected chi connectivity index (χ4v) is 6.09. The van der Waals surface area contributed by atoms with E-state index in [9.17, 15) is 9.90 Å². The van der Waals surface area contributed by atoms with Crippen LogP contribution in [0.15, 0.2) is 0 Å². The summed E-state index contributed by atoms with van der Waals surface area (Å²) >= 11 is 0. The van der Waals surface area contributed by atoms with Crippen LogP contribution in [0.4, 0.5) is 0 Å². The topological polar surface area (TPSA) is 85.2 Å². The van der Waals surface area contributed by atoms with Gasteiger partial charge in [-0.05, 0) is 37.5 Å². The Bertz CT molecular complexity index is 548. The van der Waals surface area contributed by atoms with Gasteiger partial charge in [-0.25, -0.2) is 4.79 Å². The number of rotatable bonds is 3. The summed E-state index contributed by atoms with van der Waals surface area (Å²) in [6.45, 7) is 5.74. The van der Waals surface area contributed by atoms with E-state index in [1.807, 2.05) is 0 Å². The quantitative estimate of drug-likeness (QED) is 0.820. The van der Waals surface area contributed by atoms with Crippen molar-refractivity contribution in [3.05, 3.63) is 0 Å². The first-order valence-corrected chi connectivity index (χ1v) is 9.14. The lowest BCUT2D eigenvalue weighted by Gasteiger charge is -2.51. The molecule has 2 saturated carbocycles. The van der Waals surface area contributed by atoms with Gasteiger partial charge in [0.1, 0.15) is 6.61 Å². The van der Waals surface area contributed by atoms with Crippen molar-refractivity contribution in [2.45, 2.75) is 70.7 Å². The smallest absolute Gasteiger partial charge is 0.329 e. The number of carboxylic acid groups (broad SMARTS) is 1. The molecule has 0 aromatic heterocycles. The SMILES string of the molecule is C[C@H]1C(OCC(=O)O)O[C@]23C[C@]24C1CC[C@@H](C)C4CC[C@@](C)(O)O3. The molecular formula is C18H28O6. The average Bonchev–Trinajstić information content (AvgIpc) is 3.11. The minimum absolute atomic E-state index is 0.0480. The average molecular weight is 340 g/mol. The van der Waals surface area contributed by atoms with Crippen molar-refractivity contribution in [3.8, 4) is 0 Å². The second-order valence-electron chi connectivity index (χ2n) is 8.60. The molecule has 24 heavy (non-hydrogen) atoms. The van der Waals surface area contributed by atoms with E-state index in [0.717, 1.165) is 25.7 Å². The first-order valence-electron chi connectivity index (χ1n) is 9.14. The lowest BCUT2D eigenvalue weighted by molar-refractivity contribution is -0.377. The molecule has 8 atom stereocenters. The zero-order valence-electron chi connectivity index (χ0n) is 14.7. The highest BCUT2D eigenvalue weighted by Gasteiger charge is 2.83. The van der Waals surface area contributed by atoms with Gasteiger partial charge in [0.05, 0.1) is 0 Å². The van der Waals surface area contributed by atoms with Crippen LogP contribution < -0.4 is 0 Å². The summed E-state index contributed by atoms with van der Waals surface area (Å²) in [5.41, 5.74) is -0.0480. The Hall–Kier alpha value is -0.690. The minimum atomic E-state index is -1.21. The van der Waals surface area contributed by atoms with Crippen LogP contribution in [0.5, 0.6) is 0 Å². The van der Waals surface area contributed by atoms with Gasteiger partial charge in [-0.15, -0.1) is 0 Å². The minimum Gasteiger partial charge on any atom is -0.480 e. The number of carbonyl (C=O) groups is 1. The highest BCUT2D eigenvalue weighted by atomic mass is 16.8. The Morgan fingerprint density at radius 2 is 2.00 bits per heavy atom. The lowest BCUT2D eigenvalue weighted by atomic mass is 9.58. The zero-order chi connectivity index (χ0) is 17.3. The van der Waals surface area contributed by atoms with E-state index in [1.165, 1.54) is 0 Å². The first-order chi connectivity index (χ1) is 11.2. The Balaban J connectivity index is 1.68. The molecule has 0 aromatic carbocycles. The fourth-order valence-electron chi connectivity index (χ4n) is 6.09. The van der Waals surface area contributed by atoms with Crippen LogP contribution in [-0.2, 0) is 19.0 Å². The number of hydrogen-bond acceptors (Lipinski definition) is 5. The predicted octanol–water partition coefficient (Wildman–Crippen LogP) is 2.35. The predicted molar refractivity (Wildman–Crippen MR) is 83.7 cm³/mol. The number of aliphatic carboxylic acids is 1. The van der Waals surface area contributed by atoms with E-state index in [0.29, 0.717) is 24.2 Å². The Labute approximate surface area is 142 Å². The van der Waals surface area contributed by atoms with Crippen molar-refractivity contribution in [3.63, 3.8) is 0 Å². The molecule has 2 aliphatic carbocycles. The molecule has 3 unspecified atom stereocenters. The Kier molecular flexibility index (Phi) is 3.60. The van der Waals surface area contributed by atoms with Gasteiger partial charge in [0, 0.05) is 24.2 Å². The molecule has 4 aliphatic rings. The molecule has 0 bridgehead atoms. The molecule has 6 heteroatoms. The molecule has 0 radical (unpaired) electrons. The van der Waals surface area contributed by atoms with Crippen LogP contribution in [0.2, 0.25) is 0 Å². The standard InChI is InChI=1S/C18H28O6/c1-10-4-5-13-11(2)15(22-8-14(19)20)23-18-9-17(13,18)12(10)6-7-16(3,21)24-18/h10-13,15,21H,4-9H2,1-3H3,(H,19,20)/t10-,11-,12?,13?,15?,16+,17+,18+/m1/s1. The maximum atomic E-state index is 10.9. The summed E-state index contributed by atoms with van der Waals surface area (Å²) in [4.78, 5) is 10.9. The van der Waals surface area contributed by atoms with Gasteiger partial charge in [0.2, 0.25) is 0 Å². The largest absolute Gasteiger partial charge is 0.480 e. The molecule has 0 aromatic rings. The monoisotopic (exact) mass is 340 g/mol. The molecule has 2 heterocycles. The summed E-state index contributed by atoms with van der Waals surface area (Å²) < 4.78 is 17.9. The lowest BCUT2D eigenvalue weighted by Crippen LogP contribution is -2.54. The third-order valence-corrected chi connectivity index (χ3v) is 7.10. The van der Waals surface area contributed by atoms with E-state index >= 15 is 0 Å². The van der Waals surface area contributed by atoms with Crippen molar-refractivity contribution in [1.29, 1.82) is 0 Å². The highest BCUT2D eigenvalue weighted by molar-refractivity contribution is 5.68. The van der Waals surface area contributed by atoms with Gasteiger partial charge in [-0.3, -0.25) is 0 Å². The van der Waals surface area contributed by atoms with E-state index in [2.05, 4.69) is 13.8 Å². The molecule has 0 amide bonds. The molecule has 4 fully saturated rings. The number of hydrogen-bond donors (Lipinski definition) is 2. The van der Waals surface area contributed by atoms with Crippen LogP contribution in [0.3, 0.4) is 0 Å². The van der Waals surface area contributed by atoms with Gasteiger partial charge >= 0.3 is 5.97 Å². The maximum absolute atomic E-state index is 10.9. The summed E-state index contributed by atoms with van der Waals surface area (Å²) in [5.74, 6) is -1.43. The summed E-state index contributed by atoms with van der Waals surface area (Å²) in [6.07, 6.45) is 3.99. The van der Waals surface area contributed by atoms with Gasteiger partial charge in [0.15, 0.2) is 17.9 Å². The van der Waals surface area contributed by atoms with E-state index < -0.39 is 23.8 Å². The van der Waals surface area contributed by atoms with E-state index in [1.54, 1.807) is 6.92 Å².